The first-order chi connectivity index (χ1) is 11.6. The van der Waals surface area contributed by atoms with Crippen molar-refractivity contribution in [1.29, 1.82) is 0 Å². The summed E-state index contributed by atoms with van der Waals surface area (Å²) in [6, 6.07) is 14.4. The molecule has 0 aliphatic heterocycles. The van der Waals surface area contributed by atoms with Gasteiger partial charge in [-0.3, -0.25) is 0 Å². The number of aliphatic hydroxyl groups is 1. The number of carbonyl (C=O) groups excluding carboxylic acids is 1. The fraction of sp³-hybridized carbons (Fsp3) is 0.278. The SMILES string of the molecule is CC(CNC(=O)NC(CO)c1ccccc1)Oc1ccccc1F. The summed E-state index contributed by atoms with van der Waals surface area (Å²) in [5, 5.41) is 14.8. The number of para-hydroxylation sites is 1. The van der Waals surface area contributed by atoms with Crippen molar-refractivity contribution in [2.24, 2.45) is 0 Å². The number of ether oxygens (including phenoxy) is 1. The number of amides is 2. The molecule has 2 aromatic carbocycles. The topological polar surface area (TPSA) is 70.6 Å². The van der Waals surface area contributed by atoms with Crippen molar-refractivity contribution in [2.45, 2.75) is 19.1 Å². The van der Waals surface area contributed by atoms with Crippen LogP contribution in [0.2, 0.25) is 0 Å². The Morgan fingerprint density at radius 2 is 1.83 bits per heavy atom. The lowest BCUT2D eigenvalue weighted by Crippen LogP contribution is -2.42. The standard InChI is InChI=1S/C18H21FN2O3/c1-13(24-17-10-6-5-9-15(17)19)11-20-18(23)21-16(12-22)14-7-3-2-4-8-14/h2-10,13,16,22H,11-12H2,1H3,(H2,20,21,23). The Balaban J connectivity index is 1.81. The maximum Gasteiger partial charge on any atom is 0.315 e. The van der Waals surface area contributed by atoms with Gasteiger partial charge in [-0.15, -0.1) is 0 Å². The normalized spacial score (nSPS) is 13.0. The molecule has 2 amide bonds. The van der Waals surface area contributed by atoms with Crippen LogP contribution in [-0.4, -0.2) is 30.4 Å². The van der Waals surface area contributed by atoms with Crippen molar-refractivity contribution in [3.8, 4) is 5.75 Å². The molecule has 2 unspecified atom stereocenters. The lowest BCUT2D eigenvalue weighted by atomic mass is 10.1. The summed E-state index contributed by atoms with van der Waals surface area (Å²) in [6.07, 6.45) is -0.406. The minimum Gasteiger partial charge on any atom is -0.486 e. The number of urea groups is 1. The van der Waals surface area contributed by atoms with Crippen molar-refractivity contribution in [1.82, 2.24) is 10.6 Å². The molecule has 5 nitrogen and oxygen atoms in total. The summed E-state index contributed by atoms with van der Waals surface area (Å²) in [6.45, 7) is 1.72. The summed E-state index contributed by atoms with van der Waals surface area (Å²) in [4.78, 5) is 11.9. The summed E-state index contributed by atoms with van der Waals surface area (Å²) in [5.41, 5.74) is 0.811. The molecule has 0 fully saturated rings. The molecule has 2 atom stereocenters. The van der Waals surface area contributed by atoms with E-state index in [0.717, 1.165) is 5.56 Å². The van der Waals surface area contributed by atoms with Crippen molar-refractivity contribution in [3.63, 3.8) is 0 Å². The molecule has 0 saturated carbocycles. The average Bonchev–Trinajstić information content (AvgIpc) is 2.60. The molecule has 0 radical (unpaired) electrons. The van der Waals surface area contributed by atoms with Crippen LogP contribution in [0.1, 0.15) is 18.5 Å². The zero-order valence-corrected chi connectivity index (χ0v) is 13.4. The molecule has 24 heavy (non-hydrogen) atoms. The third kappa shape index (κ3) is 5.24. The summed E-state index contributed by atoms with van der Waals surface area (Å²) in [5.74, 6) is -0.303. The van der Waals surface area contributed by atoms with Crippen LogP contribution in [0.15, 0.2) is 54.6 Å². The maximum atomic E-state index is 13.5. The molecule has 2 aromatic rings. The smallest absolute Gasteiger partial charge is 0.315 e. The van der Waals surface area contributed by atoms with Crippen LogP contribution in [0.5, 0.6) is 5.75 Å². The Labute approximate surface area is 140 Å². The fourth-order valence-corrected chi connectivity index (χ4v) is 2.16. The molecule has 2 rings (SSSR count). The number of carbonyl (C=O) groups is 1. The number of halogens is 1. The number of nitrogens with one attached hydrogen (secondary N) is 2. The third-order valence-corrected chi connectivity index (χ3v) is 3.40. The van der Waals surface area contributed by atoms with Crippen LogP contribution in [0, 0.1) is 5.82 Å². The van der Waals surface area contributed by atoms with Gasteiger partial charge < -0.3 is 20.5 Å². The second-order valence-corrected chi connectivity index (χ2v) is 5.36. The van der Waals surface area contributed by atoms with E-state index in [2.05, 4.69) is 10.6 Å². The average molecular weight is 332 g/mol. The zero-order valence-electron chi connectivity index (χ0n) is 13.4. The van der Waals surface area contributed by atoms with Crippen molar-refractivity contribution >= 4 is 6.03 Å². The zero-order chi connectivity index (χ0) is 17.4. The predicted molar refractivity (Wildman–Crippen MR) is 89.3 cm³/mol. The van der Waals surface area contributed by atoms with E-state index in [1.807, 2.05) is 30.3 Å². The second-order valence-electron chi connectivity index (χ2n) is 5.36. The van der Waals surface area contributed by atoms with Gasteiger partial charge in [0.1, 0.15) is 6.10 Å². The van der Waals surface area contributed by atoms with Crippen molar-refractivity contribution < 1.29 is 19.0 Å². The number of hydrogen-bond donors (Lipinski definition) is 3. The Hall–Kier alpha value is -2.60. The lowest BCUT2D eigenvalue weighted by molar-refractivity contribution is 0.195. The van der Waals surface area contributed by atoms with Crippen LogP contribution in [-0.2, 0) is 0 Å². The molecule has 128 valence electrons. The summed E-state index contributed by atoms with van der Waals surface area (Å²) in [7, 11) is 0. The van der Waals surface area contributed by atoms with E-state index >= 15 is 0 Å². The Morgan fingerprint density at radius 3 is 2.50 bits per heavy atom. The highest BCUT2D eigenvalue weighted by Gasteiger charge is 2.14. The quantitative estimate of drug-likeness (QED) is 0.730. The van der Waals surface area contributed by atoms with Gasteiger partial charge in [0.2, 0.25) is 0 Å². The van der Waals surface area contributed by atoms with Crippen LogP contribution < -0.4 is 15.4 Å². The number of rotatable bonds is 7. The van der Waals surface area contributed by atoms with Crippen LogP contribution in [0.25, 0.3) is 0 Å². The Kier molecular flexibility index (Phi) is 6.57. The molecule has 0 heterocycles. The first kappa shape index (κ1) is 17.7. The van der Waals surface area contributed by atoms with E-state index in [1.54, 1.807) is 19.1 Å². The summed E-state index contributed by atoms with van der Waals surface area (Å²) < 4.78 is 18.9. The van der Waals surface area contributed by atoms with Crippen molar-refractivity contribution in [2.75, 3.05) is 13.2 Å². The highest BCUT2D eigenvalue weighted by Crippen LogP contribution is 2.16. The van der Waals surface area contributed by atoms with Gasteiger partial charge >= 0.3 is 6.03 Å². The van der Waals surface area contributed by atoms with Crippen molar-refractivity contribution in [3.05, 3.63) is 66.0 Å². The number of benzene rings is 2. The monoisotopic (exact) mass is 332 g/mol. The second kappa shape index (κ2) is 8.88. The van der Waals surface area contributed by atoms with Gasteiger partial charge in [-0.25, -0.2) is 9.18 Å². The van der Waals surface area contributed by atoms with E-state index in [4.69, 9.17) is 4.74 Å². The molecule has 0 bridgehead atoms. The first-order valence-corrected chi connectivity index (χ1v) is 7.71. The van der Waals surface area contributed by atoms with Gasteiger partial charge in [0.25, 0.3) is 0 Å². The van der Waals surface area contributed by atoms with E-state index in [0.29, 0.717) is 0 Å². The fourth-order valence-electron chi connectivity index (χ4n) is 2.16. The minimum atomic E-state index is -0.492. The Morgan fingerprint density at radius 1 is 1.17 bits per heavy atom. The molecule has 3 N–H and O–H groups in total. The third-order valence-electron chi connectivity index (χ3n) is 3.40. The maximum absolute atomic E-state index is 13.5. The molecule has 0 aliphatic rings. The highest BCUT2D eigenvalue weighted by molar-refractivity contribution is 5.74. The van der Waals surface area contributed by atoms with Gasteiger partial charge in [0.15, 0.2) is 11.6 Å². The molecule has 0 saturated heterocycles. The Bertz CT molecular complexity index is 652. The van der Waals surface area contributed by atoms with E-state index in [1.165, 1.54) is 12.1 Å². The molecular weight excluding hydrogens is 311 g/mol. The van der Waals surface area contributed by atoms with Gasteiger partial charge in [-0.1, -0.05) is 42.5 Å². The lowest BCUT2D eigenvalue weighted by Gasteiger charge is -2.19. The molecular formula is C18H21FN2O3. The van der Waals surface area contributed by atoms with Gasteiger partial charge in [0.05, 0.1) is 19.2 Å². The molecule has 0 aliphatic carbocycles. The summed E-state index contributed by atoms with van der Waals surface area (Å²) >= 11 is 0. The highest BCUT2D eigenvalue weighted by atomic mass is 19.1. The van der Waals surface area contributed by atoms with Crippen LogP contribution in [0.3, 0.4) is 0 Å². The van der Waals surface area contributed by atoms with Crippen LogP contribution >= 0.6 is 0 Å². The van der Waals surface area contributed by atoms with Gasteiger partial charge in [0, 0.05) is 0 Å². The minimum absolute atomic E-state index is 0.143. The van der Waals surface area contributed by atoms with Gasteiger partial charge in [-0.2, -0.15) is 0 Å². The molecule has 6 heteroatoms. The van der Waals surface area contributed by atoms with Gasteiger partial charge in [-0.05, 0) is 24.6 Å². The molecule has 0 aromatic heterocycles. The van der Waals surface area contributed by atoms with E-state index in [9.17, 15) is 14.3 Å². The number of hydrogen-bond acceptors (Lipinski definition) is 3. The molecule has 0 spiro atoms. The first-order valence-electron chi connectivity index (χ1n) is 7.71. The van der Waals surface area contributed by atoms with Crippen LogP contribution in [0.4, 0.5) is 9.18 Å². The van der Waals surface area contributed by atoms with E-state index < -0.39 is 24.0 Å². The van der Waals surface area contributed by atoms with E-state index in [-0.39, 0.29) is 18.9 Å². The largest absolute Gasteiger partial charge is 0.486 e. The number of aliphatic hydroxyl groups excluding tert-OH is 1. The predicted octanol–water partition coefficient (Wildman–Crippen LogP) is 2.63.